The lowest BCUT2D eigenvalue weighted by atomic mass is 10.2. The van der Waals surface area contributed by atoms with E-state index in [0.717, 1.165) is 0 Å². The minimum absolute atomic E-state index is 0.0804. The summed E-state index contributed by atoms with van der Waals surface area (Å²) in [6.07, 6.45) is 0. The van der Waals surface area contributed by atoms with Crippen LogP contribution in [0.15, 0.2) is 34.3 Å². The Bertz CT molecular complexity index is 775. The number of nitrogens with zero attached hydrogens (tertiary/aromatic N) is 2. The Morgan fingerprint density at radius 3 is 2.62 bits per heavy atom. The van der Waals surface area contributed by atoms with Gasteiger partial charge in [-0.1, -0.05) is 17.3 Å². The summed E-state index contributed by atoms with van der Waals surface area (Å²) in [4.78, 5) is 0.0804. The van der Waals surface area contributed by atoms with Gasteiger partial charge >= 0.3 is 0 Å². The van der Waals surface area contributed by atoms with Crippen molar-refractivity contribution in [1.29, 1.82) is 0 Å². The van der Waals surface area contributed by atoms with Gasteiger partial charge in [-0.2, -0.15) is 5.10 Å². The number of oxime groups is 1. The van der Waals surface area contributed by atoms with Crippen molar-refractivity contribution in [2.75, 3.05) is 4.72 Å². The molecule has 112 valence electrons. The number of sulfonamides is 1. The third-order valence-corrected chi connectivity index (χ3v) is 4.51. The average molecular weight is 309 g/mol. The lowest BCUT2D eigenvalue weighted by Crippen LogP contribution is -2.20. The van der Waals surface area contributed by atoms with E-state index in [0.29, 0.717) is 11.4 Å². The summed E-state index contributed by atoms with van der Waals surface area (Å²) in [7, 11) is -3.83. The van der Waals surface area contributed by atoms with Crippen LogP contribution >= 0.6 is 0 Å². The third-order valence-electron chi connectivity index (χ3n) is 2.88. The van der Waals surface area contributed by atoms with Gasteiger partial charge < -0.3 is 10.9 Å². The fourth-order valence-electron chi connectivity index (χ4n) is 1.98. The molecule has 0 amide bonds. The van der Waals surface area contributed by atoms with Gasteiger partial charge in [0.2, 0.25) is 0 Å². The molecule has 9 heteroatoms. The first-order valence-corrected chi connectivity index (χ1v) is 7.46. The zero-order valence-corrected chi connectivity index (χ0v) is 12.3. The van der Waals surface area contributed by atoms with E-state index in [2.05, 4.69) is 20.1 Å². The second-order valence-corrected chi connectivity index (χ2v) is 6.02. The first-order chi connectivity index (χ1) is 9.86. The van der Waals surface area contributed by atoms with E-state index in [4.69, 9.17) is 10.9 Å². The number of rotatable bonds is 4. The van der Waals surface area contributed by atoms with Gasteiger partial charge in [-0.3, -0.25) is 9.82 Å². The van der Waals surface area contributed by atoms with Crippen molar-refractivity contribution in [3.63, 3.8) is 0 Å². The molecule has 1 aromatic heterocycles. The predicted octanol–water partition coefficient (Wildman–Crippen LogP) is 0.922. The van der Waals surface area contributed by atoms with Gasteiger partial charge in [-0.25, -0.2) is 8.42 Å². The Morgan fingerprint density at radius 1 is 1.38 bits per heavy atom. The fraction of sp³-hybridized carbons (Fsp3) is 0.167. The number of H-pyrrole nitrogens is 1. The summed E-state index contributed by atoms with van der Waals surface area (Å²) >= 11 is 0. The molecule has 0 atom stereocenters. The molecular weight excluding hydrogens is 294 g/mol. The highest BCUT2D eigenvalue weighted by atomic mass is 32.2. The van der Waals surface area contributed by atoms with Crippen molar-refractivity contribution in [2.24, 2.45) is 10.9 Å². The van der Waals surface area contributed by atoms with Crippen LogP contribution in [0.3, 0.4) is 0 Å². The smallest absolute Gasteiger partial charge is 0.265 e. The molecule has 8 nitrogen and oxygen atoms in total. The van der Waals surface area contributed by atoms with Crippen LogP contribution in [0.4, 0.5) is 5.69 Å². The summed E-state index contributed by atoms with van der Waals surface area (Å²) in [5.41, 5.74) is 6.83. The van der Waals surface area contributed by atoms with Crippen LogP contribution < -0.4 is 10.5 Å². The van der Waals surface area contributed by atoms with E-state index >= 15 is 0 Å². The molecule has 1 aromatic carbocycles. The number of aromatic amines is 1. The minimum Gasteiger partial charge on any atom is -0.409 e. The maximum Gasteiger partial charge on any atom is 0.265 e. The average Bonchev–Trinajstić information content (AvgIpc) is 2.78. The van der Waals surface area contributed by atoms with Gasteiger partial charge in [0.15, 0.2) is 5.84 Å². The molecule has 0 radical (unpaired) electrons. The molecule has 0 aliphatic carbocycles. The first kappa shape index (κ1) is 14.9. The predicted molar refractivity (Wildman–Crippen MR) is 77.8 cm³/mol. The van der Waals surface area contributed by atoms with E-state index in [9.17, 15) is 8.42 Å². The number of aryl methyl sites for hydroxylation is 2. The SMILES string of the molecule is Cc1n[nH]c(C)c1S(=O)(=O)Nc1ccccc1/C(N)=N/O. The van der Waals surface area contributed by atoms with E-state index in [1.54, 1.807) is 32.0 Å². The highest BCUT2D eigenvalue weighted by Gasteiger charge is 2.23. The fourth-order valence-corrected chi connectivity index (χ4v) is 3.43. The summed E-state index contributed by atoms with van der Waals surface area (Å²) in [6, 6.07) is 6.36. The summed E-state index contributed by atoms with van der Waals surface area (Å²) in [5, 5.41) is 18.1. The van der Waals surface area contributed by atoms with Gasteiger partial charge in [0.1, 0.15) is 4.90 Å². The maximum atomic E-state index is 12.5. The van der Waals surface area contributed by atoms with Crippen molar-refractivity contribution >= 4 is 21.5 Å². The van der Waals surface area contributed by atoms with Crippen molar-refractivity contribution in [3.05, 3.63) is 41.2 Å². The lowest BCUT2D eigenvalue weighted by Gasteiger charge is -2.11. The number of para-hydroxylation sites is 1. The Labute approximate surface area is 121 Å². The van der Waals surface area contributed by atoms with Crippen LogP contribution in [0.2, 0.25) is 0 Å². The van der Waals surface area contributed by atoms with Crippen LogP contribution in [-0.4, -0.2) is 29.7 Å². The van der Waals surface area contributed by atoms with E-state index in [-0.39, 0.29) is 22.0 Å². The molecule has 1 heterocycles. The van der Waals surface area contributed by atoms with Crippen LogP contribution in [-0.2, 0) is 10.0 Å². The molecule has 2 rings (SSSR count). The molecule has 0 aliphatic rings. The molecule has 2 aromatic rings. The molecule has 0 unspecified atom stereocenters. The van der Waals surface area contributed by atoms with E-state index < -0.39 is 10.0 Å². The number of aromatic nitrogens is 2. The number of benzene rings is 1. The van der Waals surface area contributed by atoms with Gasteiger partial charge in [0.05, 0.1) is 17.1 Å². The Hall–Kier alpha value is -2.55. The number of nitrogens with two attached hydrogens (primary N) is 1. The quantitative estimate of drug-likeness (QED) is 0.288. The first-order valence-electron chi connectivity index (χ1n) is 5.98. The molecule has 0 fully saturated rings. The van der Waals surface area contributed by atoms with Crippen LogP contribution in [0, 0.1) is 13.8 Å². The monoisotopic (exact) mass is 309 g/mol. The summed E-state index contributed by atoms with van der Waals surface area (Å²) < 4.78 is 27.3. The molecular formula is C12H15N5O3S. The minimum atomic E-state index is -3.83. The van der Waals surface area contributed by atoms with Gasteiger partial charge in [0, 0.05) is 5.56 Å². The number of amidine groups is 1. The lowest BCUT2D eigenvalue weighted by molar-refractivity contribution is 0.318. The van der Waals surface area contributed by atoms with Crippen molar-refractivity contribution in [2.45, 2.75) is 18.7 Å². The summed E-state index contributed by atoms with van der Waals surface area (Å²) in [6.45, 7) is 3.21. The highest BCUT2D eigenvalue weighted by Crippen LogP contribution is 2.23. The van der Waals surface area contributed by atoms with Crippen LogP contribution in [0.5, 0.6) is 0 Å². The number of nitrogens with one attached hydrogen (secondary N) is 2. The Morgan fingerprint density at radius 2 is 2.05 bits per heavy atom. The van der Waals surface area contributed by atoms with Crippen LogP contribution in [0.1, 0.15) is 17.0 Å². The van der Waals surface area contributed by atoms with Gasteiger partial charge in [-0.15, -0.1) is 0 Å². The molecule has 0 saturated carbocycles. The van der Waals surface area contributed by atoms with Crippen molar-refractivity contribution in [3.8, 4) is 0 Å². The largest absolute Gasteiger partial charge is 0.409 e. The molecule has 0 saturated heterocycles. The number of hydrogen-bond acceptors (Lipinski definition) is 5. The second-order valence-electron chi connectivity index (χ2n) is 4.40. The van der Waals surface area contributed by atoms with Crippen molar-refractivity contribution < 1.29 is 13.6 Å². The Balaban J connectivity index is 2.48. The topological polar surface area (TPSA) is 133 Å². The zero-order valence-electron chi connectivity index (χ0n) is 11.5. The molecule has 0 aliphatic heterocycles. The second kappa shape index (κ2) is 5.44. The highest BCUT2D eigenvalue weighted by molar-refractivity contribution is 7.92. The molecule has 21 heavy (non-hydrogen) atoms. The maximum absolute atomic E-state index is 12.5. The van der Waals surface area contributed by atoms with Crippen LogP contribution in [0.25, 0.3) is 0 Å². The third kappa shape index (κ3) is 2.82. The molecule has 0 bridgehead atoms. The Kier molecular flexibility index (Phi) is 3.85. The summed E-state index contributed by atoms with van der Waals surface area (Å²) in [5.74, 6) is -0.186. The molecule has 5 N–H and O–H groups in total. The van der Waals surface area contributed by atoms with E-state index in [1.807, 2.05) is 0 Å². The normalized spacial score (nSPS) is 12.4. The van der Waals surface area contributed by atoms with Gasteiger partial charge in [0.25, 0.3) is 10.0 Å². The molecule has 0 spiro atoms. The van der Waals surface area contributed by atoms with Crippen molar-refractivity contribution in [1.82, 2.24) is 10.2 Å². The zero-order chi connectivity index (χ0) is 15.6. The van der Waals surface area contributed by atoms with E-state index in [1.165, 1.54) is 6.07 Å². The number of anilines is 1. The van der Waals surface area contributed by atoms with Gasteiger partial charge in [-0.05, 0) is 26.0 Å². The standard InChI is InChI=1S/C12H15N5O3S/c1-7-11(8(2)15-14-7)21(19,20)17-10-6-4-3-5-9(10)12(13)16-18/h3-6,17-18H,1-2H3,(H2,13,16)(H,14,15). The number of hydrogen-bond donors (Lipinski definition) is 4.